The van der Waals surface area contributed by atoms with Crippen LogP contribution in [0.5, 0.6) is 0 Å². The Labute approximate surface area is 117 Å². The average molecular weight is 273 g/mol. The Kier molecular flexibility index (Phi) is 3.27. The molecule has 106 valence electrons. The topological polar surface area (TPSA) is 84.9 Å². The molecule has 1 atom stereocenters. The quantitative estimate of drug-likeness (QED) is 0.834. The maximum atomic E-state index is 5.84. The molecule has 7 heteroatoms. The van der Waals surface area contributed by atoms with E-state index >= 15 is 0 Å². The van der Waals surface area contributed by atoms with Gasteiger partial charge in [0.15, 0.2) is 0 Å². The zero-order chi connectivity index (χ0) is 14.1. The number of aryl methyl sites for hydroxylation is 1. The number of nitrogens with two attached hydrogens (primary N) is 1. The molecular formula is C13H19N7. The van der Waals surface area contributed by atoms with E-state index in [4.69, 9.17) is 5.73 Å². The van der Waals surface area contributed by atoms with Crippen molar-refractivity contribution in [2.45, 2.75) is 12.5 Å². The third-order valence-electron chi connectivity index (χ3n) is 3.63. The summed E-state index contributed by atoms with van der Waals surface area (Å²) in [5.74, 6) is 1.16. The van der Waals surface area contributed by atoms with E-state index in [9.17, 15) is 0 Å². The minimum absolute atomic E-state index is 0.288. The van der Waals surface area contributed by atoms with E-state index in [2.05, 4.69) is 25.3 Å². The van der Waals surface area contributed by atoms with Crippen LogP contribution in [0.3, 0.4) is 0 Å². The van der Waals surface area contributed by atoms with E-state index in [0.717, 1.165) is 36.7 Å². The van der Waals surface area contributed by atoms with Crippen LogP contribution in [0.25, 0.3) is 11.4 Å². The van der Waals surface area contributed by atoms with Gasteiger partial charge in [0.05, 0.1) is 5.69 Å². The third-order valence-corrected chi connectivity index (χ3v) is 3.63. The first-order chi connectivity index (χ1) is 9.65. The molecule has 0 aromatic carbocycles. The fourth-order valence-electron chi connectivity index (χ4n) is 2.50. The van der Waals surface area contributed by atoms with E-state index in [1.165, 1.54) is 0 Å². The van der Waals surface area contributed by atoms with E-state index in [0.29, 0.717) is 6.04 Å². The largest absolute Gasteiger partial charge is 0.368 e. The molecule has 0 spiro atoms. The van der Waals surface area contributed by atoms with Crippen LogP contribution in [0, 0.1) is 0 Å². The van der Waals surface area contributed by atoms with E-state index in [-0.39, 0.29) is 5.95 Å². The second-order valence-electron chi connectivity index (χ2n) is 5.06. The molecule has 0 saturated carbocycles. The summed E-state index contributed by atoms with van der Waals surface area (Å²) in [6.45, 7) is 1.91. The lowest BCUT2D eigenvalue weighted by atomic mass is 10.3. The van der Waals surface area contributed by atoms with Gasteiger partial charge in [-0.1, -0.05) is 0 Å². The Morgan fingerprint density at radius 2 is 2.20 bits per heavy atom. The Hall–Kier alpha value is -2.15. The van der Waals surface area contributed by atoms with Crippen molar-refractivity contribution in [3.05, 3.63) is 18.3 Å². The summed E-state index contributed by atoms with van der Waals surface area (Å²) in [6.07, 6.45) is 3.00. The van der Waals surface area contributed by atoms with Crippen molar-refractivity contribution < 1.29 is 0 Å². The SMILES string of the molecule is CN[C@@H]1CCN(c2cc(-c3ccn(C)n3)nc(N)n2)C1. The summed E-state index contributed by atoms with van der Waals surface area (Å²) < 4.78 is 1.75. The summed E-state index contributed by atoms with van der Waals surface area (Å²) in [4.78, 5) is 10.9. The molecule has 2 aromatic heterocycles. The molecule has 3 N–H and O–H groups in total. The molecule has 20 heavy (non-hydrogen) atoms. The zero-order valence-corrected chi connectivity index (χ0v) is 11.7. The molecule has 7 nitrogen and oxygen atoms in total. The molecule has 3 heterocycles. The van der Waals surface area contributed by atoms with E-state index in [1.54, 1.807) is 4.68 Å². The predicted octanol–water partition coefficient (Wildman–Crippen LogP) is 0.257. The molecule has 0 radical (unpaired) electrons. The molecule has 1 saturated heterocycles. The van der Waals surface area contributed by atoms with Gasteiger partial charge in [-0.3, -0.25) is 4.68 Å². The average Bonchev–Trinajstić information content (AvgIpc) is 3.06. The van der Waals surface area contributed by atoms with Crippen molar-refractivity contribution in [1.29, 1.82) is 0 Å². The highest BCUT2D eigenvalue weighted by atomic mass is 15.3. The number of hydrogen-bond acceptors (Lipinski definition) is 6. The maximum Gasteiger partial charge on any atom is 0.222 e. The van der Waals surface area contributed by atoms with Crippen LogP contribution in [-0.4, -0.2) is 45.9 Å². The summed E-state index contributed by atoms with van der Waals surface area (Å²) in [7, 11) is 3.87. The first-order valence-corrected chi connectivity index (χ1v) is 6.72. The van der Waals surface area contributed by atoms with E-state index < -0.39 is 0 Å². The highest BCUT2D eigenvalue weighted by molar-refractivity contribution is 5.61. The second kappa shape index (κ2) is 5.09. The van der Waals surface area contributed by atoms with Crippen LogP contribution in [0.1, 0.15) is 6.42 Å². The molecule has 1 fully saturated rings. The molecule has 0 aliphatic carbocycles. The lowest BCUT2D eigenvalue weighted by molar-refractivity contribution is 0.616. The number of aromatic nitrogens is 4. The Balaban J connectivity index is 1.91. The molecule has 1 aliphatic rings. The van der Waals surface area contributed by atoms with Gasteiger partial charge < -0.3 is 16.0 Å². The van der Waals surface area contributed by atoms with Crippen molar-refractivity contribution >= 4 is 11.8 Å². The van der Waals surface area contributed by atoms with Crippen LogP contribution in [-0.2, 0) is 7.05 Å². The summed E-state index contributed by atoms with van der Waals surface area (Å²) in [6, 6.07) is 4.38. The van der Waals surface area contributed by atoms with Crippen molar-refractivity contribution in [1.82, 2.24) is 25.1 Å². The Bertz CT molecular complexity index is 607. The van der Waals surface area contributed by atoms with Gasteiger partial charge in [-0.2, -0.15) is 10.1 Å². The molecule has 1 aliphatic heterocycles. The minimum atomic E-state index is 0.288. The molecule has 0 unspecified atom stereocenters. The number of nitrogens with one attached hydrogen (secondary N) is 1. The van der Waals surface area contributed by atoms with Crippen molar-refractivity contribution in [3.8, 4) is 11.4 Å². The van der Waals surface area contributed by atoms with Crippen LogP contribution in [0.4, 0.5) is 11.8 Å². The summed E-state index contributed by atoms with van der Waals surface area (Å²) in [5.41, 5.74) is 7.42. The first kappa shape index (κ1) is 12.9. The maximum absolute atomic E-state index is 5.84. The summed E-state index contributed by atoms with van der Waals surface area (Å²) in [5, 5.41) is 7.66. The summed E-state index contributed by atoms with van der Waals surface area (Å²) >= 11 is 0. The standard InChI is InChI=1S/C13H19N7/c1-15-9-3-6-20(8-9)12-7-11(16-13(14)17-12)10-4-5-19(2)18-10/h4-5,7,9,15H,3,6,8H2,1-2H3,(H2,14,16,17)/t9-/m1/s1. The van der Waals surface area contributed by atoms with Gasteiger partial charge in [0.25, 0.3) is 0 Å². The number of hydrogen-bond donors (Lipinski definition) is 2. The predicted molar refractivity (Wildman–Crippen MR) is 78.3 cm³/mol. The normalized spacial score (nSPS) is 18.7. The molecule has 3 rings (SSSR count). The van der Waals surface area contributed by atoms with Crippen LogP contribution >= 0.6 is 0 Å². The van der Waals surface area contributed by atoms with E-state index in [1.807, 2.05) is 32.4 Å². The number of rotatable bonds is 3. The second-order valence-corrected chi connectivity index (χ2v) is 5.06. The van der Waals surface area contributed by atoms with Crippen molar-refractivity contribution in [2.75, 3.05) is 30.8 Å². The fraction of sp³-hybridized carbons (Fsp3) is 0.462. The smallest absolute Gasteiger partial charge is 0.222 e. The lowest BCUT2D eigenvalue weighted by Crippen LogP contribution is -2.30. The highest BCUT2D eigenvalue weighted by Gasteiger charge is 2.23. The van der Waals surface area contributed by atoms with Crippen LogP contribution < -0.4 is 16.0 Å². The van der Waals surface area contributed by atoms with Gasteiger partial charge in [-0.05, 0) is 19.5 Å². The van der Waals surface area contributed by atoms with Gasteiger partial charge in [0.1, 0.15) is 11.5 Å². The first-order valence-electron chi connectivity index (χ1n) is 6.72. The van der Waals surface area contributed by atoms with Gasteiger partial charge >= 0.3 is 0 Å². The minimum Gasteiger partial charge on any atom is -0.368 e. The monoisotopic (exact) mass is 273 g/mol. The van der Waals surface area contributed by atoms with Crippen molar-refractivity contribution in [2.24, 2.45) is 7.05 Å². The van der Waals surface area contributed by atoms with Gasteiger partial charge in [-0.25, -0.2) is 4.98 Å². The van der Waals surface area contributed by atoms with Crippen LogP contribution in [0.2, 0.25) is 0 Å². The van der Waals surface area contributed by atoms with Gasteiger partial charge in [0.2, 0.25) is 5.95 Å². The molecule has 0 amide bonds. The number of likely N-dealkylation sites (N-methyl/N-ethyl adjacent to an activating group) is 1. The lowest BCUT2D eigenvalue weighted by Gasteiger charge is -2.18. The van der Waals surface area contributed by atoms with Gasteiger partial charge in [-0.15, -0.1) is 0 Å². The highest BCUT2D eigenvalue weighted by Crippen LogP contribution is 2.24. The molecule has 0 bridgehead atoms. The molecular weight excluding hydrogens is 254 g/mol. The Morgan fingerprint density at radius 3 is 2.85 bits per heavy atom. The molecule has 2 aromatic rings. The van der Waals surface area contributed by atoms with Gasteiger partial charge in [0, 0.05) is 38.4 Å². The fourth-order valence-corrected chi connectivity index (χ4v) is 2.50. The number of anilines is 2. The third kappa shape index (κ3) is 2.44. The van der Waals surface area contributed by atoms with Crippen LogP contribution in [0.15, 0.2) is 18.3 Å². The Morgan fingerprint density at radius 1 is 1.35 bits per heavy atom. The number of nitrogen functional groups attached to an aromatic ring is 1. The number of nitrogens with zero attached hydrogens (tertiary/aromatic N) is 5. The van der Waals surface area contributed by atoms with Crippen molar-refractivity contribution in [3.63, 3.8) is 0 Å². The zero-order valence-electron chi connectivity index (χ0n) is 11.7.